The molecule has 2 rings (SSSR count). The molecule has 0 saturated heterocycles. The molecular weight excluding hydrogens is 258 g/mol. The van der Waals surface area contributed by atoms with Crippen LogP contribution in [0.2, 0.25) is 0 Å². The molecule has 0 fully saturated rings. The van der Waals surface area contributed by atoms with E-state index in [4.69, 9.17) is 10.5 Å². The fourth-order valence-corrected chi connectivity index (χ4v) is 2.27. The van der Waals surface area contributed by atoms with Crippen LogP contribution in [0.3, 0.4) is 0 Å². The van der Waals surface area contributed by atoms with E-state index in [0.29, 0.717) is 19.1 Å². The molecule has 0 aliphatic heterocycles. The van der Waals surface area contributed by atoms with Crippen LogP contribution >= 0.6 is 0 Å². The maximum atomic E-state index is 6.18. The average Bonchev–Trinajstić information content (AvgIpc) is 2.52. The lowest BCUT2D eigenvalue weighted by Gasteiger charge is -2.14. The Morgan fingerprint density at radius 3 is 2.14 bits per heavy atom. The summed E-state index contributed by atoms with van der Waals surface area (Å²) in [6.45, 7) is 5.67. The van der Waals surface area contributed by atoms with Crippen molar-refractivity contribution in [3.63, 3.8) is 0 Å². The van der Waals surface area contributed by atoms with Crippen molar-refractivity contribution in [2.24, 2.45) is 5.73 Å². The molecular formula is C19H25NO. The molecule has 0 aromatic heterocycles. The van der Waals surface area contributed by atoms with E-state index >= 15 is 0 Å². The lowest BCUT2D eigenvalue weighted by Crippen LogP contribution is -2.18. The van der Waals surface area contributed by atoms with Gasteiger partial charge in [-0.15, -0.1) is 0 Å². The Labute approximate surface area is 127 Å². The Morgan fingerprint density at radius 1 is 0.905 bits per heavy atom. The van der Waals surface area contributed by atoms with Crippen molar-refractivity contribution < 1.29 is 4.74 Å². The molecule has 112 valence electrons. The summed E-state index contributed by atoms with van der Waals surface area (Å²) in [5, 5.41) is 0. The maximum Gasteiger partial charge on any atom is 0.0659 e. The van der Waals surface area contributed by atoms with Gasteiger partial charge in [-0.3, -0.25) is 0 Å². The maximum absolute atomic E-state index is 6.18. The van der Waals surface area contributed by atoms with E-state index in [9.17, 15) is 0 Å². The van der Waals surface area contributed by atoms with Gasteiger partial charge in [0.1, 0.15) is 0 Å². The van der Waals surface area contributed by atoms with E-state index in [1.54, 1.807) is 0 Å². The first kappa shape index (κ1) is 15.7. The molecule has 1 unspecified atom stereocenters. The molecule has 21 heavy (non-hydrogen) atoms. The SMILES string of the molecule is CC(C)c1ccc(C(N)COCCc2ccccc2)cc1. The van der Waals surface area contributed by atoms with Crippen LogP contribution in [0.5, 0.6) is 0 Å². The van der Waals surface area contributed by atoms with Gasteiger partial charge >= 0.3 is 0 Å². The third-order valence-electron chi connectivity index (χ3n) is 3.71. The van der Waals surface area contributed by atoms with E-state index in [-0.39, 0.29) is 6.04 Å². The molecule has 0 aliphatic carbocycles. The standard InChI is InChI=1S/C19H25NO/c1-15(2)17-8-10-18(11-9-17)19(20)14-21-13-12-16-6-4-3-5-7-16/h3-11,15,19H,12-14,20H2,1-2H3. The minimum absolute atomic E-state index is 0.0537. The molecule has 0 radical (unpaired) electrons. The number of benzene rings is 2. The van der Waals surface area contributed by atoms with Crippen LogP contribution in [-0.2, 0) is 11.2 Å². The van der Waals surface area contributed by atoms with E-state index in [2.05, 4.69) is 62.4 Å². The van der Waals surface area contributed by atoms with Crippen molar-refractivity contribution in [2.75, 3.05) is 13.2 Å². The number of ether oxygens (including phenoxy) is 1. The smallest absolute Gasteiger partial charge is 0.0659 e. The summed E-state index contributed by atoms with van der Waals surface area (Å²) < 4.78 is 5.71. The minimum Gasteiger partial charge on any atom is -0.379 e. The second kappa shape index (κ2) is 7.96. The van der Waals surface area contributed by atoms with Crippen molar-refractivity contribution in [3.05, 3.63) is 71.3 Å². The van der Waals surface area contributed by atoms with Crippen LogP contribution in [0.4, 0.5) is 0 Å². The lowest BCUT2D eigenvalue weighted by atomic mass is 10.00. The molecule has 0 saturated carbocycles. The number of nitrogens with two attached hydrogens (primary N) is 1. The molecule has 2 aromatic rings. The van der Waals surface area contributed by atoms with Gasteiger partial charge in [-0.2, -0.15) is 0 Å². The zero-order valence-corrected chi connectivity index (χ0v) is 13.0. The van der Waals surface area contributed by atoms with Gasteiger partial charge in [0.15, 0.2) is 0 Å². The summed E-state index contributed by atoms with van der Waals surface area (Å²) in [5.41, 5.74) is 9.96. The highest BCUT2D eigenvalue weighted by Crippen LogP contribution is 2.17. The van der Waals surface area contributed by atoms with Crippen molar-refractivity contribution in [1.82, 2.24) is 0 Å². The van der Waals surface area contributed by atoms with Crippen LogP contribution < -0.4 is 5.73 Å². The first-order chi connectivity index (χ1) is 10.2. The van der Waals surface area contributed by atoms with Crippen LogP contribution in [0, 0.1) is 0 Å². The van der Waals surface area contributed by atoms with E-state index < -0.39 is 0 Å². The third-order valence-corrected chi connectivity index (χ3v) is 3.71. The largest absolute Gasteiger partial charge is 0.379 e. The van der Waals surface area contributed by atoms with Crippen molar-refractivity contribution >= 4 is 0 Å². The fraction of sp³-hybridized carbons (Fsp3) is 0.368. The number of rotatable bonds is 7. The van der Waals surface area contributed by atoms with E-state index in [1.807, 2.05) is 6.07 Å². The van der Waals surface area contributed by atoms with E-state index in [0.717, 1.165) is 12.0 Å². The Kier molecular flexibility index (Phi) is 5.97. The second-order valence-electron chi connectivity index (χ2n) is 5.74. The molecule has 0 bridgehead atoms. The monoisotopic (exact) mass is 283 g/mol. The highest BCUT2D eigenvalue weighted by molar-refractivity contribution is 5.26. The van der Waals surface area contributed by atoms with E-state index in [1.165, 1.54) is 11.1 Å². The van der Waals surface area contributed by atoms with Gasteiger partial charge in [0.25, 0.3) is 0 Å². The van der Waals surface area contributed by atoms with Gasteiger partial charge in [-0.1, -0.05) is 68.4 Å². The summed E-state index contributed by atoms with van der Waals surface area (Å²) >= 11 is 0. The Morgan fingerprint density at radius 2 is 1.52 bits per heavy atom. The predicted molar refractivity (Wildman–Crippen MR) is 88.4 cm³/mol. The molecule has 2 aromatic carbocycles. The fourth-order valence-electron chi connectivity index (χ4n) is 2.27. The van der Waals surface area contributed by atoms with Gasteiger partial charge < -0.3 is 10.5 Å². The molecule has 2 N–H and O–H groups in total. The Bertz CT molecular complexity index is 519. The van der Waals surface area contributed by atoms with Crippen molar-refractivity contribution in [3.8, 4) is 0 Å². The van der Waals surface area contributed by atoms with Crippen molar-refractivity contribution in [2.45, 2.75) is 32.2 Å². The van der Waals surface area contributed by atoms with Gasteiger partial charge in [0, 0.05) is 0 Å². The zero-order valence-electron chi connectivity index (χ0n) is 13.0. The first-order valence-corrected chi connectivity index (χ1v) is 7.64. The summed E-state index contributed by atoms with van der Waals surface area (Å²) in [6, 6.07) is 18.9. The first-order valence-electron chi connectivity index (χ1n) is 7.64. The summed E-state index contributed by atoms with van der Waals surface area (Å²) in [7, 11) is 0. The summed E-state index contributed by atoms with van der Waals surface area (Å²) in [4.78, 5) is 0. The zero-order chi connectivity index (χ0) is 15.1. The van der Waals surface area contributed by atoms with Crippen molar-refractivity contribution in [1.29, 1.82) is 0 Å². The molecule has 1 atom stereocenters. The van der Waals surface area contributed by atoms with Crippen LogP contribution in [0.1, 0.15) is 42.5 Å². The van der Waals surface area contributed by atoms with Gasteiger partial charge in [0.05, 0.1) is 19.3 Å². The van der Waals surface area contributed by atoms with Crippen LogP contribution in [-0.4, -0.2) is 13.2 Å². The summed E-state index contributed by atoms with van der Waals surface area (Å²) in [5.74, 6) is 0.553. The highest BCUT2D eigenvalue weighted by Gasteiger charge is 2.07. The quantitative estimate of drug-likeness (QED) is 0.777. The normalized spacial score (nSPS) is 12.6. The van der Waals surface area contributed by atoms with Crippen LogP contribution in [0.15, 0.2) is 54.6 Å². The predicted octanol–water partition coefficient (Wildman–Crippen LogP) is 4.07. The molecule has 0 spiro atoms. The topological polar surface area (TPSA) is 35.2 Å². The lowest BCUT2D eigenvalue weighted by molar-refractivity contribution is 0.124. The second-order valence-corrected chi connectivity index (χ2v) is 5.74. The Hall–Kier alpha value is -1.64. The third kappa shape index (κ3) is 5.00. The number of hydrogen-bond acceptors (Lipinski definition) is 2. The van der Waals surface area contributed by atoms with Crippen LogP contribution in [0.25, 0.3) is 0 Å². The molecule has 0 amide bonds. The summed E-state index contributed by atoms with van der Waals surface area (Å²) in [6.07, 6.45) is 0.930. The minimum atomic E-state index is -0.0537. The molecule has 2 heteroatoms. The molecule has 0 aliphatic rings. The van der Waals surface area contributed by atoms with Gasteiger partial charge in [-0.05, 0) is 29.0 Å². The average molecular weight is 283 g/mol. The molecule has 0 heterocycles. The highest BCUT2D eigenvalue weighted by atomic mass is 16.5. The Balaban J connectivity index is 1.75. The van der Waals surface area contributed by atoms with Gasteiger partial charge in [-0.25, -0.2) is 0 Å². The number of hydrogen-bond donors (Lipinski definition) is 1. The molecule has 2 nitrogen and oxygen atoms in total. The van der Waals surface area contributed by atoms with Gasteiger partial charge in [0.2, 0.25) is 0 Å².